The van der Waals surface area contributed by atoms with Crippen molar-refractivity contribution in [3.63, 3.8) is 0 Å². The van der Waals surface area contributed by atoms with Crippen molar-refractivity contribution in [2.45, 2.75) is 103 Å². The van der Waals surface area contributed by atoms with Gasteiger partial charge in [0.1, 0.15) is 0 Å². The third kappa shape index (κ3) is 8.97. The molecule has 0 unspecified atom stereocenters. The Morgan fingerprint density at radius 1 is 0.192 bits per heavy atom. The quantitative estimate of drug-likeness (QED) is 0.119. The van der Waals surface area contributed by atoms with E-state index >= 15 is 0 Å². The molecule has 398 valence electrons. The minimum Gasteiger partial charge on any atom is -0.312 e. The molecule has 5 aromatic rings. The minimum absolute atomic E-state index is 0.00840. The Labute approximate surface area is 453 Å². The van der Waals surface area contributed by atoms with Gasteiger partial charge in [0.15, 0.2) is 0 Å². The van der Waals surface area contributed by atoms with Crippen LogP contribution < -0.4 is 39.2 Å². The molecule has 13 rings (SSSR count). The van der Waals surface area contributed by atoms with Crippen LogP contribution in [0, 0.1) is 0 Å². The zero-order valence-corrected chi connectivity index (χ0v) is 43.9. The molecule has 5 aromatic carbocycles. The Kier molecular flexibility index (Phi) is 12.7. The number of nitrogens with zero attached hydrogens (tertiary/aromatic N) is 8. The lowest BCUT2D eigenvalue weighted by atomic mass is 9.84. The highest BCUT2D eigenvalue weighted by Gasteiger charge is 2.34. The van der Waals surface area contributed by atoms with Crippen LogP contribution in [0.15, 0.2) is 84.9 Å². The lowest BCUT2D eigenvalue weighted by Gasteiger charge is -2.27. The topological polar surface area (TPSA) is 162 Å². The summed E-state index contributed by atoms with van der Waals surface area (Å²) in [6, 6.07) is 28.1. The fourth-order valence-electron chi connectivity index (χ4n) is 13.2. The van der Waals surface area contributed by atoms with E-state index in [0.29, 0.717) is 223 Å². The standard InChI is InChI=1S/C62H62N8O8/c71-55-9-1-17-63(55)43-25-39(26-44(33-43)64-18-2-10-56(64)72)51-37-53(41-29-47(67-21-5-13-59(67)75)35-48(30-41)68-22-6-14-60(68)76)54(42-31-49(69-23-7-15-61(69)77)36-50(32-42)70-24-8-16-62(70)78)38-52(51)40-27-45(65-19-3-11-57(65)73)34-46(28-40)66-20-4-12-58(66)74/h25-38H,1-24H2. The summed E-state index contributed by atoms with van der Waals surface area (Å²) in [7, 11) is 0. The van der Waals surface area contributed by atoms with Gasteiger partial charge in [-0.05, 0) is 181 Å². The van der Waals surface area contributed by atoms with Crippen LogP contribution in [0.1, 0.15) is 103 Å². The first-order valence-corrected chi connectivity index (χ1v) is 28.2. The van der Waals surface area contributed by atoms with Gasteiger partial charge in [0, 0.05) is 149 Å². The second-order valence-electron chi connectivity index (χ2n) is 22.1. The zero-order valence-electron chi connectivity index (χ0n) is 43.9. The van der Waals surface area contributed by atoms with Crippen molar-refractivity contribution in [1.82, 2.24) is 0 Å². The predicted molar refractivity (Wildman–Crippen MR) is 301 cm³/mol. The molecular weight excluding hydrogens is 985 g/mol. The highest BCUT2D eigenvalue weighted by Crippen LogP contribution is 2.49. The van der Waals surface area contributed by atoms with Crippen LogP contribution in [0.4, 0.5) is 45.5 Å². The van der Waals surface area contributed by atoms with Gasteiger partial charge < -0.3 is 39.2 Å². The fraction of sp³-hybridized carbons (Fsp3) is 0.387. The van der Waals surface area contributed by atoms with Gasteiger partial charge in [-0.1, -0.05) is 0 Å². The van der Waals surface area contributed by atoms with Crippen molar-refractivity contribution in [3.8, 4) is 44.5 Å². The first-order chi connectivity index (χ1) is 37.9. The van der Waals surface area contributed by atoms with Gasteiger partial charge >= 0.3 is 0 Å². The van der Waals surface area contributed by atoms with Crippen LogP contribution in [0.25, 0.3) is 44.5 Å². The number of anilines is 8. The number of amides is 8. The third-order valence-electron chi connectivity index (χ3n) is 17.1. The van der Waals surface area contributed by atoms with Gasteiger partial charge in [0.05, 0.1) is 0 Å². The third-order valence-corrected chi connectivity index (χ3v) is 17.1. The van der Waals surface area contributed by atoms with Gasteiger partial charge in [0.2, 0.25) is 47.3 Å². The number of rotatable bonds is 12. The van der Waals surface area contributed by atoms with E-state index in [1.165, 1.54) is 0 Å². The predicted octanol–water partition coefficient (Wildman–Crippen LogP) is 9.37. The van der Waals surface area contributed by atoms with Crippen LogP contribution in [-0.2, 0) is 38.4 Å². The van der Waals surface area contributed by atoms with Crippen molar-refractivity contribution in [3.05, 3.63) is 84.9 Å². The highest BCUT2D eigenvalue weighted by atomic mass is 16.2. The maximum atomic E-state index is 13.7. The highest BCUT2D eigenvalue weighted by molar-refractivity contribution is 6.08. The molecule has 16 heteroatoms. The van der Waals surface area contributed by atoms with E-state index in [9.17, 15) is 38.4 Å². The number of carbonyl (C=O) groups is 8. The maximum Gasteiger partial charge on any atom is 0.227 e. The number of hydrogen-bond donors (Lipinski definition) is 0. The molecule has 8 aliphatic rings. The molecule has 0 aliphatic carbocycles. The smallest absolute Gasteiger partial charge is 0.227 e. The first kappa shape index (κ1) is 49.4. The van der Waals surface area contributed by atoms with E-state index in [4.69, 9.17) is 0 Å². The number of carbonyl (C=O) groups excluding carboxylic acids is 8. The summed E-state index contributed by atoms with van der Waals surface area (Å²) in [5, 5.41) is 0. The van der Waals surface area contributed by atoms with Crippen LogP contribution >= 0.6 is 0 Å². The first-order valence-electron chi connectivity index (χ1n) is 28.2. The average Bonchev–Trinajstić information content (AvgIpc) is 4.37. The van der Waals surface area contributed by atoms with Crippen LogP contribution in [-0.4, -0.2) is 99.6 Å². The summed E-state index contributed by atoms with van der Waals surface area (Å²) < 4.78 is 0. The molecule has 0 spiro atoms. The molecule has 8 amide bonds. The molecule has 0 radical (unpaired) electrons. The largest absolute Gasteiger partial charge is 0.312 e. The molecule has 0 atom stereocenters. The van der Waals surface area contributed by atoms with E-state index in [1.54, 1.807) is 39.2 Å². The van der Waals surface area contributed by atoms with Crippen LogP contribution in [0.5, 0.6) is 0 Å². The molecule has 0 N–H and O–H groups in total. The minimum atomic E-state index is -0.00840. The molecule has 8 heterocycles. The Balaban J connectivity index is 1.14. The van der Waals surface area contributed by atoms with E-state index in [0.717, 1.165) is 22.3 Å². The van der Waals surface area contributed by atoms with Crippen molar-refractivity contribution in [2.24, 2.45) is 0 Å². The van der Waals surface area contributed by atoms with Gasteiger partial charge in [0.25, 0.3) is 0 Å². The summed E-state index contributed by atoms with van der Waals surface area (Å²) >= 11 is 0. The number of benzene rings is 5. The Hall–Kier alpha value is -8.14. The Morgan fingerprint density at radius 3 is 0.449 bits per heavy atom. The fourth-order valence-corrected chi connectivity index (χ4v) is 13.2. The van der Waals surface area contributed by atoms with E-state index in [1.807, 2.05) is 72.8 Å². The van der Waals surface area contributed by atoms with Gasteiger partial charge in [-0.3, -0.25) is 38.4 Å². The van der Waals surface area contributed by atoms with E-state index < -0.39 is 0 Å². The molecule has 16 nitrogen and oxygen atoms in total. The van der Waals surface area contributed by atoms with Crippen molar-refractivity contribution >= 4 is 92.8 Å². The molecule has 0 aromatic heterocycles. The van der Waals surface area contributed by atoms with Crippen molar-refractivity contribution in [1.29, 1.82) is 0 Å². The molecular formula is C62H62N8O8. The van der Waals surface area contributed by atoms with Crippen molar-refractivity contribution in [2.75, 3.05) is 91.6 Å². The summed E-state index contributed by atoms with van der Waals surface area (Å²) in [6.45, 7) is 4.14. The second kappa shape index (κ2) is 20.0. The summed E-state index contributed by atoms with van der Waals surface area (Å²) in [5.41, 5.74) is 11.0. The Morgan fingerprint density at radius 2 is 0.333 bits per heavy atom. The molecule has 78 heavy (non-hydrogen) atoms. The normalized spacial score (nSPS) is 20.1. The molecule has 0 bridgehead atoms. The lowest BCUT2D eigenvalue weighted by Crippen LogP contribution is -2.26. The number of hydrogen-bond acceptors (Lipinski definition) is 8. The lowest BCUT2D eigenvalue weighted by molar-refractivity contribution is -0.117. The Bertz CT molecular complexity index is 2810. The summed E-state index contributed by atoms with van der Waals surface area (Å²) in [5.74, 6) is -0.0672. The maximum absolute atomic E-state index is 13.7. The summed E-state index contributed by atoms with van der Waals surface area (Å²) in [4.78, 5) is 124. The molecule has 8 saturated heterocycles. The zero-order chi connectivity index (χ0) is 53.3. The molecule has 0 saturated carbocycles. The van der Waals surface area contributed by atoms with Gasteiger partial charge in [-0.2, -0.15) is 0 Å². The van der Waals surface area contributed by atoms with Crippen LogP contribution in [0.2, 0.25) is 0 Å². The second-order valence-corrected chi connectivity index (χ2v) is 22.1. The monoisotopic (exact) mass is 1050 g/mol. The van der Waals surface area contributed by atoms with Gasteiger partial charge in [-0.25, -0.2) is 0 Å². The summed E-state index contributed by atoms with van der Waals surface area (Å²) in [6.07, 6.45) is 8.72. The van der Waals surface area contributed by atoms with E-state index in [-0.39, 0.29) is 47.3 Å². The van der Waals surface area contributed by atoms with Crippen LogP contribution in [0.3, 0.4) is 0 Å². The van der Waals surface area contributed by atoms with Crippen molar-refractivity contribution < 1.29 is 38.4 Å². The van der Waals surface area contributed by atoms with Gasteiger partial charge in [-0.15, -0.1) is 0 Å². The SMILES string of the molecule is O=C1CCCN1c1cc(-c2cc(-c3cc(N4CCCC4=O)cc(N4CCCC4=O)c3)c(-c3cc(N4CCCC4=O)cc(N4CCCC4=O)c3)cc2-c2cc(N3CCCC3=O)cc(N3CCCC3=O)c2)cc(N2CCCC2=O)c1. The molecule has 8 fully saturated rings. The molecule has 8 aliphatic heterocycles. The van der Waals surface area contributed by atoms with E-state index in [2.05, 4.69) is 12.1 Å². The average molecular weight is 1050 g/mol.